The zero-order valence-electron chi connectivity index (χ0n) is 14.6. The van der Waals surface area contributed by atoms with Crippen LogP contribution in [0.2, 0.25) is 0 Å². The standard InChI is InChI=1S/C17H25N3O4S/c1-12-16(14-5-3-4-6-15(14)24-12)19-17(21)18-11-13-7-9-20(10-8-13)25(2,22)23/h3-6,12-13,16H,7-11H2,1-2H3,(H2,18,19,21). The van der Waals surface area contributed by atoms with Crippen molar-refractivity contribution in [2.24, 2.45) is 5.92 Å². The number of nitrogens with one attached hydrogen (secondary N) is 2. The van der Waals surface area contributed by atoms with Crippen LogP contribution in [0.1, 0.15) is 31.4 Å². The van der Waals surface area contributed by atoms with E-state index < -0.39 is 10.0 Å². The number of rotatable bonds is 4. The summed E-state index contributed by atoms with van der Waals surface area (Å²) in [6.45, 7) is 3.53. The molecule has 0 radical (unpaired) electrons. The van der Waals surface area contributed by atoms with E-state index in [2.05, 4.69) is 10.6 Å². The van der Waals surface area contributed by atoms with Gasteiger partial charge in [-0.05, 0) is 31.7 Å². The topological polar surface area (TPSA) is 87.7 Å². The Hall–Kier alpha value is -1.80. The van der Waals surface area contributed by atoms with Crippen molar-refractivity contribution in [1.29, 1.82) is 0 Å². The number of hydrogen-bond acceptors (Lipinski definition) is 4. The van der Waals surface area contributed by atoms with Crippen LogP contribution in [0.4, 0.5) is 4.79 Å². The van der Waals surface area contributed by atoms with E-state index in [1.54, 1.807) is 0 Å². The molecule has 2 heterocycles. The fourth-order valence-corrected chi connectivity index (χ4v) is 4.31. The smallest absolute Gasteiger partial charge is 0.315 e. The van der Waals surface area contributed by atoms with Crippen LogP contribution >= 0.6 is 0 Å². The molecular formula is C17H25N3O4S. The predicted molar refractivity (Wildman–Crippen MR) is 94.9 cm³/mol. The average molecular weight is 367 g/mol. The molecular weight excluding hydrogens is 342 g/mol. The van der Waals surface area contributed by atoms with Crippen LogP contribution < -0.4 is 15.4 Å². The van der Waals surface area contributed by atoms with Gasteiger partial charge in [-0.2, -0.15) is 0 Å². The lowest BCUT2D eigenvalue weighted by molar-refractivity contribution is 0.197. The highest BCUT2D eigenvalue weighted by Gasteiger charge is 2.32. The van der Waals surface area contributed by atoms with Crippen molar-refractivity contribution < 1.29 is 17.9 Å². The summed E-state index contributed by atoms with van der Waals surface area (Å²) in [5.74, 6) is 1.11. The van der Waals surface area contributed by atoms with Gasteiger partial charge < -0.3 is 15.4 Å². The van der Waals surface area contributed by atoms with E-state index in [0.717, 1.165) is 24.2 Å². The van der Waals surface area contributed by atoms with Crippen molar-refractivity contribution in [2.45, 2.75) is 31.9 Å². The molecule has 0 aromatic heterocycles. The van der Waals surface area contributed by atoms with Crippen molar-refractivity contribution in [3.8, 4) is 5.75 Å². The van der Waals surface area contributed by atoms with Crippen LogP contribution in [0.25, 0.3) is 0 Å². The fourth-order valence-electron chi connectivity index (χ4n) is 3.44. The Morgan fingerprint density at radius 2 is 1.96 bits per heavy atom. The van der Waals surface area contributed by atoms with Crippen molar-refractivity contribution in [3.05, 3.63) is 29.8 Å². The van der Waals surface area contributed by atoms with Crippen molar-refractivity contribution in [3.63, 3.8) is 0 Å². The number of benzene rings is 1. The van der Waals surface area contributed by atoms with Gasteiger partial charge in [0.05, 0.1) is 12.3 Å². The summed E-state index contributed by atoms with van der Waals surface area (Å²) < 4.78 is 30.3. The quantitative estimate of drug-likeness (QED) is 0.844. The maximum absolute atomic E-state index is 12.2. The Morgan fingerprint density at radius 3 is 2.64 bits per heavy atom. The molecule has 0 aliphatic carbocycles. The lowest BCUT2D eigenvalue weighted by Gasteiger charge is -2.30. The van der Waals surface area contributed by atoms with Gasteiger partial charge in [-0.3, -0.25) is 0 Å². The fraction of sp³-hybridized carbons (Fsp3) is 0.588. The Labute approximate surface area is 148 Å². The number of nitrogens with zero attached hydrogens (tertiary/aromatic N) is 1. The minimum atomic E-state index is -3.11. The summed E-state index contributed by atoms with van der Waals surface area (Å²) >= 11 is 0. The van der Waals surface area contributed by atoms with Gasteiger partial charge in [-0.25, -0.2) is 17.5 Å². The molecule has 7 nitrogen and oxygen atoms in total. The summed E-state index contributed by atoms with van der Waals surface area (Å²) in [6.07, 6.45) is 2.65. The molecule has 1 fully saturated rings. The molecule has 8 heteroatoms. The highest BCUT2D eigenvalue weighted by Crippen LogP contribution is 2.35. The molecule has 1 saturated heterocycles. The number of carbonyl (C=O) groups is 1. The number of urea groups is 1. The summed E-state index contributed by atoms with van der Waals surface area (Å²) in [5, 5.41) is 5.89. The van der Waals surface area contributed by atoms with E-state index in [1.807, 2.05) is 31.2 Å². The molecule has 1 aromatic rings. The van der Waals surface area contributed by atoms with Gasteiger partial charge >= 0.3 is 6.03 Å². The highest BCUT2D eigenvalue weighted by atomic mass is 32.2. The normalized spacial score (nSPS) is 24.4. The van der Waals surface area contributed by atoms with Gasteiger partial charge in [0.15, 0.2) is 0 Å². The van der Waals surface area contributed by atoms with Crippen molar-refractivity contribution in [1.82, 2.24) is 14.9 Å². The van der Waals surface area contributed by atoms with Crippen LogP contribution in [0.15, 0.2) is 24.3 Å². The molecule has 2 atom stereocenters. The number of ether oxygens (including phenoxy) is 1. The first kappa shape index (κ1) is 18.0. The second kappa shape index (κ2) is 7.21. The van der Waals surface area contributed by atoms with Crippen molar-refractivity contribution >= 4 is 16.1 Å². The lowest BCUT2D eigenvalue weighted by Crippen LogP contribution is -2.45. The van der Waals surface area contributed by atoms with Crippen LogP contribution in [0.5, 0.6) is 5.75 Å². The first-order valence-corrected chi connectivity index (χ1v) is 10.4. The predicted octanol–water partition coefficient (Wildman–Crippen LogP) is 1.48. The van der Waals surface area contributed by atoms with Crippen LogP contribution in [0.3, 0.4) is 0 Å². The molecule has 2 aliphatic rings. The molecule has 2 aliphatic heterocycles. The van der Waals surface area contributed by atoms with E-state index in [9.17, 15) is 13.2 Å². The molecule has 25 heavy (non-hydrogen) atoms. The van der Waals surface area contributed by atoms with E-state index in [-0.39, 0.29) is 18.2 Å². The van der Waals surface area contributed by atoms with E-state index in [1.165, 1.54) is 10.6 Å². The average Bonchev–Trinajstić information content (AvgIpc) is 2.88. The summed E-state index contributed by atoms with van der Waals surface area (Å²) in [4.78, 5) is 12.2. The highest BCUT2D eigenvalue weighted by molar-refractivity contribution is 7.88. The number of hydrogen-bond donors (Lipinski definition) is 2. The maximum Gasteiger partial charge on any atom is 0.315 e. The van der Waals surface area contributed by atoms with E-state index >= 15 is 0 Å². The Bertz CT molecular complexity index is 729. The largest absolute Gasteiger partial charge is 0.488 e. The SMILES string of the molecule is CC1Oc2ccccc2C1NC(=O)NCC1CCN(S(C)(=O)=O)CC1. The van der Waals surface area contributed by atoms with Gasteiger partial charge in [-0.1, -0.05) is 18.2 Å². The molecule has 0 spiro atoms. The number of sulfonamides is 1. The van der Waals surface area contributed by atoms with Crippen LogP contribution in [-0.2, 0) is 10.0 Å². The lowest BCUT2D eigenvalue weighted by atomic mass is 9.98. The number of fused-ring (bicyclic) bond motifs is 1. The van der Waals surface area contributed by atoms with Gasteiger partial charge in [0.1, 0.15) is 11.9 Å². The molecule has 2 N–H and O–H groups in total. The monoisotopic (exact) mass is 367 g/mol. The second-order valence-corrected chi connectivity index (χ2v) is 8.78. The Balaban J connectivity index is 1.47. The first-order valence-electron chi connectivity index (χ1n) is 8.59. The zero-order valence-corrected chi connectivity index (χ0v) is 15.4. The van der Waals surface area contributed by atoms with Gasteiger partial charge in [0.2, 0.25) is 10.0 Å². The molecule has 3 rings (SSSR count). The molecule has 0 bridgehead atoms. The minimum absolute atomic E-state index is 0.110. The van der Waals surface area contributed by atoms with E-state index in [4.69, 9.17) is 4.74 Å². The molecule has 2 amide bonds. The van der Waals surface area contributed by atoms with Crippen molar-refractivity contribution in [2.75, 3.05) is 25.9 Å². The summed E-state index contributed by atoms with van der Waals surface area (Å²) in [6, 6.07) is 7.33. The number of carbonyl (C=O) groups excluding carboxylic acids is 1. The van der Waals surface area contributed by atoms with Gasteiger partial charge in [0.25, 0.3) is 0 Å². The zero-order chi connectivity index (χ0) is 18.0. The third-order valence-electron chi connectivity index (χ3n) is 4.92. The number of piperidine rings is 1. The Morgan fingerprint density at radius 1 is 1.28 bits per heavy atom. The third-order valence-corrected chi connectivity index (χ3v) is 6.22. The third kappa shape index (κ3) is 4.24. The van der Waals surface area contributed by atoms with Crippen LogP contribution in [-0.4, -0.2) is 50.7 Å². The first-order chi connectivity index (χ1) is 11.8. The minimum Gasteiger partial charge on any atom is -0.488 e. The van der Waals surface area contributed by atoms with Crippen LogP contribution in [0, 0.1) is 5.92 Å². The maximum atomic E-state index is 12.2. The molecule has 0 saturated carbocycles. The molecule has 2 unspecified atom stereocenters. The second-order valence-electron chi connectivity index (χ2n) is 6.80. The van der Waals surface area contributed by atoms with Gasteiger partial charge in [-0.15, -0.1) is 0 Å². The molecule has 138 valence electrons. The van der Waals surface area contributed by atoms with E-state index in [0.29, 0.717) is 25.6 Å². The number of para-hydroxylation sites is 1. The molecule has 1 aromatic carbocycles. The number of amides is 2. The van der Waals surface area contributed by atoms with Gasteiger partial charge in [0, 0.05) is 25.2 Å². The summed E-state index contributed by atoms with van der Waals surface area (Å²) in [5.41, 5.74) is 0.992. The Kier molecular flexibility index (Phi) is 5.19. The summed E-state index contributed by atoms with van der Waals surface area (Å²) in [7, 11) is -3.11.